The van der Waals surface area contributed by atoms with Crippen molar-refractivity contribution in [1.82, 2.24) is 0 Å². The van der Waals surface area contributed by atoms with Crippen molar-refractivity contribution < 1.29 is 19.4 Å². The van der Waals surface area contributed by atoms with Crippen LogP contribution < -0.4 is 9.47 Å². The molecule has 0 saturated heterocycles. The van der Waals surface area contributed by atoms with Crippen LogP contribution in [0.15, 0.2) is 60.2 Å². The average molecular weight is 392 g/mol. The Morgan fingerprint density at radius 2 is 1.93 bits per heavy atom. The number of hydrogen-bond donors (Lipinski definition) is 1. The van der Waals surface area contributed by atoms with Gasteiger partial charge in [0.05, 0.1) is 23.1 Å². The minimum absolute atomic E-state index is 0.0360. The maximum absolute atomic E-state index is 12.8. The van der Waals surface area contributed by atoms with E-state index in [2.05, 4.69) is 0 Å². The van der Waals surface area contributed by atoms with Gasteiger partial charge in [0.15, 0.2) is 5.78 Å². The highest BCUT2D eigenvalue weighted by Crippen LogP contribution is 2.42. The molecule has 0 aromatic heterocycles. The molecule has 1 atom stereocenters. The standard InChI is InChI=1S/C25H28O4/c1-17(2)13-15-28-22-11-10-19-21(26)16-23(18-8-6-5-7-9-18)29-24(19)20(22)12-14-25(3,4)27/h5-14,23,27H,15-16H2,1-4H3/b14-12+. The van der Waals surface area contributed by atoms with Gasteiger partial charge in [-0.1, -0.05) is 42.0 Å². The molecule has 0 bridgehead atoms. The van der Waals surface area contributed by atoms with E-state index in [9.17, 15) is 9.90 Å². The van der Waals surface area contributed by atoms with Crippen molar-refractivity contribution in [2.24, 2.45) is 0 Å². The third kappa shape index (κ3) is 5.36. The van der Waals surface area contributed by atoms with Crippen LogP contribution in [0.1, 0.15) is 61.7 Å². The van der Waals surface area contributed by atoms with Crippen LogP contribution in [-0.4, -0.2) is 23.1 Å². The van der Waals surface area contributed by atoms with Crippen LogP contribution in [0.5, 0.6) is 11.5 Å². The summed E-state index contributed by atoms with van der Waals surface area (Å²) in [6, 6.07) is 13.3. The largest absolute Gasteiger partial charge is 0.489 e. The predicted octanol–water partition coefficient (Wildman–Crippen LogP) is 5.52. The molecule has 2 aromatic rings. The molecule has 4 heteroatoms. The highest BCUT2D eigenvalue weighted by atomic mass is 16.5. The Bertz CT molecular complexity index is 929. The number of allylic oxidation sites excluding steroid dienone is 1. The van der Waals surface area contributed by atoms with E-state index in [1.807, 2.05) is 50.3 Å². The number of ketones is 1. The first-order chi connectivity index (χ1) is 13.7. The highest BCUT2D eigenvalue weighted by Gasteiger charge is 2.30. The first-order valence-electron chi connectivity index (χ1n) is 9.84. The lowest BCUT2D eigenvalue weighted by atomic mass is 9.93. The Hall–Kier alpha value is -2.85. The molecule has 1 heterocycles. The summed E-state index contributed by atoms with van der Waals surface area (Å²) >= 11 is 0. The second-order valence-corrected chi connectivity index (χ2v) is 8.08. The van der Waals surface area contributed by atoms with Crippen molar-refractivity contribution in [3.8, 4) is 11.5 Å². The van der Waals surface area contributed by atoms with Crippen molar-refractivity contribution in [3.05, 3.63) is 76.9 Å². The van der Waals surface area contributed by atoms with Crippen LogP contribution in [0.2, 0.25) is 0 Å². The number of fused-ring (bicyclic) bond motifs is 1. The molecule has 1 N–H and O–H groups in total. The van der Waals surface area contributed by atoms with Gasteiger partial charge >= 0.3 is 0 Å². The van der Waals surface area contributed by atoms with Gasteiger partial charge in [-0.3, -0.25) is 4.79 Å². The van der Waals surface area contributed by atoms with Gasteiger partial charge in [0.2, 0.25) is 0 Å². The fraction of sp³-hybridized carbons (Fsp3) is 0.320. The number of ether oxygens (including phenoxy) is 2. The summed E-state index contributed by atoms with van der Waals surface area (Å²) < 4.78 is 12.3. The topological polar surface area (TPSA) is 55.8 Å². The fourth-order valence-electron chi connectivity index (χ4n) is 3.11. The number of carbonyl (C=O) groups is 1. The van der Waals surface area contributed by atoms with Crippen molar-refractivity contribution in [1.29, 1.82) is 0 Å². The Morgan fingerprint density at radius 3 is 2.59 bits per heavy atom. The zero-order valence-electron chi connectivity index (χ0n) is 17.4. The molecule has 1 aliphatic rings. The van der Waals surface area contributed by atoms with Gasteiger partial charge in [-0.15, -0.1) is 0 Å². The second kappa shape index (κ2) is 8.66. The lowest BCUT2D eigenvalue weighted by Gasteiger charge is -2.28. The predicted molar refractivity (Wildman–Crippen MR) is 115 cm³/mol. The molecule has 0 spiro atoms. The molecule has 0 aliphatic carbocycles. The Labute approximate surface area is 172 Å². The molecule has 0 fully saturated rings. The molecule has 0 saturated carbocycles. The van der Waals surface area contributed by atoms with E-state index < -0.39 is 5.60 Å². The van der Waals surface area contributed by atoms with Gasteiger partial charge in [-0.25, -0.2) is 0 Å². The van der Waals surface area contributed by atoms with Crippen LogP contribution in [0.3, 0.4) is 0 Å². The fourth-order valence-corrected chi connectivity index (χ4v) is 3.11. The Kier molecular flexibility index (Phi) is 6.23. The summed E-state index contributed by atoms with van der Waals surface area (Å²) in [7, 11) is 0. The van der Waals surface area contributed by atoms with E-state index in [1.165, 1.54) is 0 Å². The zero-order valence-corrected chi connectivity index (χ0v) is 17.4. The van der Waals surface area contributed by atoms with Crippen LogP contribution in [0, 0.1) is 0 Å². The van der Waals surface area contributed by atoms with Gasteiger partial charge in [0.25, 0.3) is 0 Å². The number of hydrogen-bond acceptors (Lipinski definition) is 4. The van der Waals surface area contributed by atoms with E-state index in [0.717, 1.165) is 11.1 Å². The smallest absolute Gasteiger partial charge is 0.170 e. The molecule has 0 radical (unpaired) electrons. The molecule has 2 aromatic carbocycles. The van der Waals surface area contributed by atoms with Crippen LogP contribution in [0.25, 0.3) is 6.08 Å². The van der Waals surface area contributed by atoms with Gasteiger partial charge in [0.1, 0.15) is 24.2 Å². The molecule has 1 unspecified atom stereocenters. The van der Waals surface area contributed by atoms with E-state index in [-0.39, 0.29) is 11.9 Å². The number of benzene rings is 2. The lowest BCUT2D eigenvalue weighted by Crippen LogP contribution is -2.21. The summed E-state index contributed by atoms with van der Waals surface area (Å²) in [5.41, 5.74) is 2.33. The minimum atomic E-state index is -1.00. The first kappa shape index (κ1) is 20.9. The van der Waals surface area contributed by atoms with Crippen molar-refractivity contribution in [2.75, 3.05) is 6.61 Å². The normalized spacial score (nSPS) is 16.3. The minimum Gasteiger partial charge on any atom is -0.489 e. The van der Waals surface area contributed by atoms with Gasteiger partial charge in [-0.2, -0.15) is 0 Å². The molecule has 4 nitrogen and oxygen atoms in total. The number of rotatable bonds is 6. The van der Waals surface area contributed by atoms with Crippen LogP contribution >= 0.6 is 0 Å². The second-order valence-electron chi connectivity index (χ2n) is 8.08. The van der Waals surface area contributed by atoms with Crippen molar-refractivity contribution >= 4 is 11.9 Å². The van der Waals surface area contributed by atoms with Gasteiger partial charge < -0.3 is 14.6 Å². The Balaban J connectivity index is 2.04. The average Bonchev–Trinajstić information content (AvgIpc) is 2.66. The molecule has 0 amide bonds. The third-order valence-corrected chi connectivity index (χ3v) is 4.65. The van der Waals surface area contributed by atoms with Crippen molar-refractivity contribution in [3.63, 3.8) is 0 Å². The van der Waals surface area contributed by atoms with Crippen molar-refractivity contribution in [2.45, 2.75) is 45.8 Å². The van der Waals surface area contributed by atoms with Gasteiger partial charge in [0, 0.05) is 0 Å². The maximum Gasteiger partial charge on any atom is 0.170 e. The molecule has 1 aliphatic heterocycles. The molecule has 29 heavy (non-hydrogen) atoms. The number of aliphatic hydroxyl groups is 1. The van der Waals surface area contributed by atoms with E-state index >= 15 is 0 Å². The molecular formula is C25H28O4. The van der Waals surface area contributed by atoms with Gasteiger partial charge in [-0.05, 0) is 57.5 Å². The van der Waals surface area contributed by atoms with E-state index in [4.69, 9.17) is 9.47 Å². The quantitative estimate of drug-likeness (QED) is 0.658. The van der Waals surface area contributed by atoms with Crippen LogP contribution in [0.4, 0.5) is 0 Å². The maximum atomic E-state index is 12.8. The Morgan fingerprint density at radius 1 is 1.21 bits per heavy atom. The summed E-state index contributed by atoms with van der Waals surface area (Å²) in [6.45, 7) is 7.83. The van der Waals surface area contributed by atoms with Crippen LogP contribution in [-0.2, 0) is 0 Å². The third-order valence-electron chi connectivity index (χ3n) is 4.65. The van der Waals surface area contributed by atoms with E-state index in [1.54, 1.807) is 38.1 Å². The summed E-state index contributed by atoms with van der Waals surface area (Å²) in [5.74, 6) is 1.16. The lowest BCUT2D eigenvalue weighted by molar-refractivity contribution is 0.0849. The zero-order chi connectivity index (χ0) is 21.0. The summed E-state index contributed by atoms with van der Waals surface area (Å²) in [6.07, 6.45) is 5.39. The van der Waals surface area contributed by atoms with E-state index in [0.29, 0.717) is 35.7 Å². The number of carbonyl (C=O) groups excluding carboxylic acids is 1. The molecule has 3 rings (SSSR count). The molecule has 152 valence electrons. The monoisotopic (exact) mass is 392 g/mol. The molecular weight excluding hydrogens is 364 g/mol. The summed E-state index contributed by atoms with van der Waals surface area (Å²) in [5, 5.41) is 10.2. The SMILES string of the molecule is CC(C)=CCOc1ccc2c(c1/C=C/C(C)(C)O)OC(c1ccccc1)CC2=O. The summed E-state index contributed by atoms with van der Waals surface area (Å²) in [4.78, 5) is 12.8. The highest BCUT2D eigenvalue weighted by molar-refractivity contribution is 6.01. The number of Topliss-reactive ketones (excluding diaryl/α,β-unsaturated/α-hetero) is 1. The first-order valence-corrected chi connectivity index (χ1v) is 9.84.